The van der Waals surface area contributed by atoms with E-state index in [9.17, 15) is 43.2 Å². The maximum Gasteiger partial charge on any atom is 0.472 e. The van der Waals surface area contributed by atoms with Gasteiger partial charge in [-0.05, 0) is 37.5 Å². The van der Waals surface area contributed by atoms with E-state index in [1.165, 1.54) is 180 Å². The SMILES string of the molecule is CCCCCCCCCCCCCCCCCC(=O)OC[C@H](COP(=O)(O)OC[C@@H](O)COP(=O)(O)OC[C@@H](COC(=O)CCCCCCCCC)OC(=O)CCCCCCCCCCCCCC(C)C)OC(=O)CCCCCCCCCCCCCCCC(C)C. The third-order valence-corrected chi connectivity index (χ3v) is 18.9. The second kappa shape index (κ2) is 65.0. The van der Waals surface area contributed by atoms with E-state index < -0.39 is 97.5 Å². The third kappa shape index (κ3) is 66.7. The predicted molar refractivity (Wildman–Crippen MR) is 372 cm³/mol. The Hall–Kier alpha value is -1.94. The van der Waals surface area contributed by atoms with Gasteiger partial charge in [-0.3, -0.25) is 37.3 Å². The van der Waals surface area contributed by atoms with E-state index in [2.05, 4.69) is 41.5 Å². The number of unbranched alkanes of at least 4 members (excludes halogenated alkanes) is 42. The first kappa shape index (κ1) is 90.1. The molecule has 0 amide bonds. The normalized spacial score (nSPS) is 14.1. The van der Waals surface area contributed by atoms with Crippen LogP contribution >= 0.6 is 15.6 Å². The Morgan fingerprint density at radius 2 is 0.500 bits per heavy atom. The van der Waals surface area contributed by atoms with Crippen molar-refractivity contribution in [3.8, 4) is 0 Å². The van der Waals surface area contributed by atoms with Crippen LogP contribution in [0.2, 0.25) is 0 Å². The highest BCUT2D eigenvalue weighted by molar-refractivity contribution is 7.47. The number of hydrogen-bond acceptors (Lipinski definition) is 15. The zero-order valence-corrected chi connectivity index (χ0v) is 61.6. The van der Waals surface area contributed by atoms with E-state index in [4.69, 9.17) is 37.0 Å². The molecule has 0 aromatic carbocycles. The second-order valence-corrected chi connectivity index (χ2v) is 30.2. The topological polar surface area (TPSA) is 237 Å². The van der Waals surface area contributed by atoms with E-state index in [-0.39, 0.29) is 25.7 Å². The molecule has 3 N–H and O–H groups in total. The number of esters is 4. The van der Waals surface area contributed by atoms with Crippen molar-refractivity contribution in [2.75, 3.05) is 39.6 Å². The quantitative estimate of drug-likeness (QED) is 0.0222. The molecule has 17 nitrogen and oxygen atoms in total. The molecule has 0 saturated heterocycles. The minimum Gasteiger partial charge on any atom is -0.462 e. The van der Waals surface area contributed by atoms with Gasteiger partial charge in [-0.1, -0.05) is 324 Å². The van der Waals surface area contributed by atoms with Crippen LogP contribution in [0.25, 0.3) is 0 Å². The van der Waals surface area contributed by atoms with E-state index in [0.29, 0.717) is 25.7 Å². The van der Waals surface area contributed by atoms with Gasteiger partial charge in [0.05, 0.1) is 26.4 Å². The summed E-state index contributed by atoms with van der Waals surface area (Å²) >= 11 is 0. The van der Waals surface area contributed by atoms with Crippen molar-refractivity contribution >= 4 is 39.5 Å². The summed E-state index contributed by atoms with van der Waals surface area (Å²) in [5.74, 6) is -0.571. The number of aliphatic hydroxyl groups excluding tert-OH is 1. The summed E-state index contributed by atoms with van der Waals surface area (Å²) < 4.78 is 68.3. The molecule has 2 unspecified atom stereocenters. The Labute approximate surface area is 562 Å². The summed E-state index contributed by atoms with van der Waals surface area (Å²) in [6.07, 6.45) is 51.4. The van der Waals surface area contributed by atoms with Gasteiger partial charge in [-0.25, -0.2) is 9.13 Å². The monoisotopic (exact) mass is 1350 g/mol. The van der Waals surface area contributed by atoms with Gasteiger partial charge < -0.3 is 33.8 Å². The number of phosphoric acid groups is 2. The fourth-order valence-corrected chi connectivity index (χ4v) is 12.7. The molecule has 0 aliphatic heterocycles. The lowest BCUT2D eigenvalue weighted by atomic mass is 10.0. The number of aliphatic hydroxyl groups is 1. The van der Waals surface area contributed by atoms with Crippen molar-refractivity contribution in [2.24, 2.45) is 11.8 Å². The largest absolute Gasteiger partial charge is 0.472 e. The molecule has 0 rings (SSSR count). The van der Waals surface area contributed by atoms with E-state index in [0.717, 1.165) is 115 Å². The molecule has 0 saturated carbocycles. The van der Waals surface area contributed by atoms with Gasteiger partial charge in [0.25, 0.3) is 0 Å². The van der Waals surface area contributed by atoms with E-state index in [1.54, 1.807) is 0 Å². The standard InChI is InChI=1S/C73H142O17P2/c1-7-9-11-13-15-16-17-18-19-22-27-32-38-44-50-56-71(76)84-62-69(90-72(77)57-51-45-39-33-28-23-20-21-25-30-36-41-47-53-65(3)4)64-88-92(81,82)86-60-67(74)59-85-91(79,80)87-63-68(61-83-70(75)55-49-43-35-14-12-10-8-2)89-73(78)58-52-46-40-34-29-24-26-31-37-42-48-54-66(5)6/h65-69,74H,7-64H2,1-6H3,(H,79,80)(H,81,82)/t67-,68+,69+/m0/s1. The lowest BCUT2D eigenvalue weighted by Gasteiger charge is -2.21. The van der Waals surface area contributed by atoms with Crippen molar-refractivity contribution < 1.29 is 80.2 Å². The first-order valence-electron chi connectivity index (χ1n) is 38.0. The molecule has 0 heterocycles. The summed E-state index contributed by atoms with van der Waals surface area (Å²) in [7, 11) is -9.90. The summed E-state index contributed by atoms with van der Waals surface area (Å²) in [5.41, 5.74) is 0. The Bertz CT molecular complexity index is 1790. The van der Waals surface area contributed by atoms with Crippen LogP contribution in [0.5, 0.6) is 0 Å². The van der Waals surface area contributed by atoms with E-state index >= 15 is 0 Å². The number of ether oxygens (including phenoxy) is 4. The maximum absolute atomic E-state index is 13.1. The van der Waals surface area contributed by atoms with Crippen molar-refractivity contribution in [2.45, 2.75) is 394 Å². The van der Waals surface area contributed by atoms with Crippen LogP contribution in [0.3, 0.4) is 0 Å². The molecule has 0 radical (unpaired) electrons. The van der Waals surface area contributed by atoms with Crippen LogP contribution in [0.15, 0.2) is 0 Å². The molecule has 0 aromatic heterocycles. The van der Waals surface area contributed by atoms with Crippen LogP contribution in [0.1, 0.15) is 375 Å². The number of rotatable bonds is 72. The molecule has 0 fully saturated rings. The van der Waals surface area contributed by atoms with Crippen molar-refractivity contribution in [3.63, 3.8) is 0 Å². The average Bonchev–Trinajstić information content (AvgIpc) is 3.68. The zero-order chi connectivity index (χ0) is 67.9. The number of hydrogen-bond donors (Lipinski definition) is 3. The predicted octanol–water partition coefficient (Wildman–Crippen LogP) is 21.2. The molecule has 5 atom stereocenters. The van der Waals surface area contributed by atoms with Gasteiger partial charge in [0.2, 0.25) is 0 Å². The summed E-state index contributed by atoms with van der Waals surface area (Å²) in [6, 6.07) is 0. The molecular weight excluding hydrogens is 1210 g/mol. The fraction of sp³-hybridized carbons (Fsp3) is 0.945. The lowest BCUT2D eigenvalue weighted by molar-refractivity contribution is -0.161. The second-order valence-electron chi connectivity index (χ2n) is 27.3. The van der Waals surface area contributed by atoms with Crippen LogP contribution in [0, 0.1) is 11.8 Å². The van der Waals surface area contributed by atoms with Gasteiger partial charge >= 0.3 is 39.5 Å². The number of phosphoric ester groups is 2. The molecule has 92 heavy (non-hydrogen) atoms. The molecule has 0 spiro atoms. The number of carbonyl (C=O) groups excluding carboxylic acids is 4. The first-order chi connectivity index (χ1) is 44.4. The maximum atomic E-state index is 13.1. The smallest absolute Gasteiger partial charge is 0.462 e. The molecule has 19 heteroatoms. The van der Waals surface area contributed by atoms with Gasteiger partial charge in [0.1, 0.15) is 19.3 Å². The van der Waals surface area contributed by atoms with Crippen LogP contribution < -0.4 is 0 Å². The van der Waals surface area contributed by atoms with Crippen LogP contribution in [-0.4, -0.2) is 96.7 Å². The van der Waals surface area contributed by atoms with Crippen LogP contribution in [0.4, 0.5) is 0 Å². The molecule has 0 aliphatic rings. The fourth-order valence-electron chi connectivity index (χ4n) is 11.1. The van der Waals surface area contributed by atoms with Gasteiger partial charge in [-0.15, -0.1) is 0 Å². The lowest BCUT2D eigenvalue weighted by Crippen LogP contribution is -2.30. The van der Waals surface area contributed by atoms with Gasteiger partial charge in [0, 0.05) is 25.7 Å². The summed E-state index contributed by atoms with van der Waals surface area (Å²) in [4.78, 5) is 72.6. The molecular formula is C73H142O17P2. The van der Waals surface area contributed by atoms with Gasteiger partial charge in [-0.2, -0.15) is 0 Å². The number of carbonyl (C=O) groups is 4. The van der Waals surface area contributed by atoms with Crippen molar-refractivity contribution in [1.82, 2.24) is 0 Å². The highest BCUT2D eigenvalue weighted by Gasteiger charge is 2.30. The first-order valence-corrected chi connectivity index (χ1v) is 41.0. The Morgan fingerprint density at radius 1 is 0.293 bits per heavy atom. The minimum atomic E-state index is -4.95. The Balaban J connectivity index is 5.21. The van der Waals surface area contributed by atoms with Crippen LogP contribution in [-0.2, 0) is 65.4 Å². The Morgan fingerprint density at radius 3 is 0.739 bits per heavy atom. The minimum absolute atomic E-state index is 0.106. The Kier molecular flexibility index (Phi) is 63.7. The molecule has 0 bridgehead atoms. The van der Waals surface area contributed by atoms with Crippen molar-refractivity contribution in [3.05, 3.63) is 0 Å². The highest BCUT2D eigenvalue weighted by Crippen LogP contribution is 2.45. The molecule has 0 aromatic rings. The van der Waals surface area contributed by atoms with Crippen molar-refractivity contribution in [1.29, 1.82) is 0 Å². The summed E-state index contributed by atoms with van der Waals surface area (Å²) in [5, 5.41) is 10.6. The van der Waals surface area contributed by atoms with E-state index in [1.807, 2.05) is 0 Å². The summed E-state index contributed by atoms with van der Waals surface area (Å²) in [6.45, 7) is 9.55. The molecule has 546 valence electrons. The highest BCUT2D eigenvalue weighted by atomic mass is 31.2. The van der Waals surface area contributed by atoms with Gasteiger partial charge in [0.15, 0.2) is 12.2 Å². The third-order valence-electron chi connectivity index (χ3n) is 17.0. The zero-order valence-electron chi connectivity index (χ0n) is 59.9. The molecule has 0 aliphatic carbocycles. The average molecular weight is 1350 g/mol.